The predicted molar refractivity (Wildman–Crippen MR) is 86.1 cm³/mol. The SMILES string of the molecule is CCCCCCN=C(NCC)NCCc1cccnc1. The lowest BCUT2D eigenvalue weighted by molar-refractivity contribution is 0.670. The highest BCUT2D eigenvalue weighted by molar-refractivity contribution is 5.79. The van der Waals surface area contributed by atoms with Crippen LogP contribution in [0.1, 0.15) is 45.1 Å². The van der Waals surface area contributed by atoms with Crippen molar-refractivity contribution in [3.8, 4) is 0 Å². The van der Waals surface area contributed by atoms with Crippen molar-refractivity contribution in [2.24, 2.45) is 4.99 Å². The van der Waals surface area contributed by atoms with E-state index in [9.17, 15) is 0 Å². The van der Waals surface area contributed by atoms with Gasteiger partial charge in [0.25, 0.3) is 0 Å². The Morgan fingerprint density at radius 3 is 2.80 bits per heavy atom. The van der Waals surface area contributed by atoms with Crippen LogP contribution in [0.25, 0.3) is 0 Å². The highest BCUT2D eigenvalue weighted by atomic mass is 15.2. The van der Waals surface area contributed by atoms with Crippen LogP contribution in [0.4, 0.5) is 0 Å². The zero-order valence-electron chi connectivity index (χ0n) is 12.9. The van der Waals surface area contributed by atoms with E-state index in [2.05, 4.69) is 40.5 Å². The number of hydrogen-bond acceptors (Lipinski definition) is 2. The summed E-state index contributed by atoms with van der Waals surface area (Å²) in [6.07, 6.45) is 9.71. The van der Waals surface area contributed by atoms with Crippen LogP contribution < -0.4 is 10.6 Å². The van der Waals surface area contributed by atoms with Gasteiger partial charge in [-0.2, -0.15) is 0 Å². The number of guanidine groups is 1. The van der Waals surface area contributed by atoms with Crippen LogP contribution in [-0.4, -0.2) is 30.6 Å². The standard InChI is InChI=1S/C16H28N4/c1-3-5-6-7-12-19-16(18-4-2)20-13-10-15-9-8-11-17-14-15/h8-9,11,14H,3-7,10,12-13H2,1-2H3,(H2,18,19,20). The minimum Gasteiger partial charge on any atom is -0.357 e. The Kier molecular flexibility index (Phi) is 9.28. The van der Waals surface area contributed by atoms with Crippen LogP contribution in [0, 0.1) is 0 Å². The van der Waals surface area contributed by atoms with Gasteiger partial charge in [0.1, 0.15) is 0 Å². The molecule has 0 atom stereocenters. The molecule has 2 N–H and O–H groups in total. The Hall–Kier alpha value is -1.58. The minimum atomic E-state index is 0.881. The average molecular weight is 276 g/mol. The monoisotopic (exact) mass is 276 g/mol. The first kappa shape index (κ1) is 16.5. The molecule has 0 unspecified atom stereocenters. The van der Waals surface area contributed by atoms with Gasteiger partial charge in [-0.3, -0.25) is 9.98 Å². The summed E-state index contributed by atoms with van der Waals surface area (Å²) in [5.41, 5.74) is 1.25. The van der Waals surface area contributed by atoms with E-state index in [-0.39, 0.29) is 0 Å². The number of nitrogens with zero attached hydrogens (tertiary/aromatic N) is 2. The van der Waals surface area contributed by atoms with Gasteiger partial charge in [0.2, 0.25) is 0 Å². The van der Waals surface area contributed by atoms with Crippen molar-refractivity contribution in [3.63, 3.8) is 0 Å². The molecular weight excluding hydrogens is 248 g/mol. The Morgan fingerprint density at radius 1 is 1.20 bits per heavy atom. The van der Waals surface area contributed by atoms with Crippen molar-refractivity contribution in [3.05, 3.63) is 30.1 Å². The van der Waals surface area contributed by atoms with Crippen LogP contribution in [0.2, 0.25) is 0 Å². The fourth-order valence-electron chi connectivity index (χ4n) is 1.94. The van der Waals surface area contributed by atoms with Gasteiger partial charge in [0.05, 0.1) is 0 Å². The number of aliphatic imine (C=N–C) groups is 1. The van der Waals surface area contributed by atoms with E-state index in [0.717, 1.165) is 32.0 Å². The topological polar surface area (TPSA) is 49.3 Å². The lowest BCUT2D eigenvalue weighted by atomic mass is 10.2. The molecule has 0 aliphatic rings. The quantitative estimate of drug-likeness (QED) is 0.414. The van der Waals surface area contributed by atoms with Gasteiger partial charge in [-0.15, -0.1) is 0 Å². The molecule has 0 saturated carbocycles. The van der Waals surface area contributed by atoms with Crippen LogP contribution >= 0.6 is 0 Å². The summed E-state index contributed by atoms with van der Waals surface area (Å²) >= 11 is 0. The van der Waals surface area contributed by atoms with Crippen molar-refractivity contribution in [2.75, 3.05) is 19.6 Å². The summed E-state index contributed by atoms with van der Waals surface area (Å²) in [5.74, 6) is 0.924. The fraction of sp³-hybridized carbons (Fsp3) is 0.625. The van der Waals surface area contributed by atoms with E-state index in [1.807, 2.05) is 12.3 Å². The molecule has 4 heteroatoms. The van der Waals surface area contributed by atoms with Gasteiger partial charge in [-0.05, 0) is 31.4 Å². The summed E-state index contributed by atoms with van der Waals surface area (Å²) in [7, 11) is 0. The van der Waals surface area contributed by atoms with E-state index in [1.165, 1.54) is 31.2 Å². The Labute approximate surface area is 123 Å². The maximum absolute atomic E-state index is 4.60. The molecule has 0 fully saturated rings. The van der Waals surface area contributed by atoms with Crippen LogP contribution in [0.3, 0.4) is 0 Å². The van der Waals surface area contributed by atoms with Gasteiger partial charge >= 0.3 is 0 Å². The molecule has 1 rings (SSSR count). The highest BCUT2D eigenvalue weighted by Crippen LogP contribution is 1.98. The second-order valence-corrected chi connectivity index (χ2v) is 4.86. The Morgan fingerprint density at radius 2 is 2.10 bits per heavy atom. The molecule has 0 saturated heterocycles. The molecular formula is C16H28N4. The maximum atomic E-state index is 4.60. The molecule has 0 spiro atoms. The smallest absolute Gasteiger partial charge is 0.191 e. The third-order valence-corrected chi connectivity index (χ3v) is 3.05. The van der Waals surface area contributed by atoms with Crippen molar-refractivity contribution < 1.29 is 0 Å². The number of rotatable bonds is 9. The zero-order chi connectivity index (χ0) is 14.5. The normalized spacial score (nSPS) is 11.4. The van der Waals surface area contributed by atoms with Gasteiger partial charge < -0.3 is 10.6 Å². The van der Waals surface area contributed by atoms with Gasteiger partial charge in [-0.25, -0.2) is 0 Å². The number of nitrogens with one attached hydrogen (secondary N) is 2. The number of hydrogen-bond donors (Lipinski definition) is 2. The van der Waals surface area contributed by atoms with Crippen molar-refractivity contribution in [2.45, 2.75) is 46.0 Å². The first-order chi connectivity index (χ1) is 9.86. The van der Waals surface area contributed by atoms with Gasteiger partial charge in [0.15, 0.2) is 5.96 Å². The zero-order valence-corrected chi connectivity index (χ0v) is 12.9. The number of pyridine rings is 1. The van der Waals surface area contributed by atoms with Crippen LogP contribution in [0.15, 0.2) is 29.5 Å². The Balaban J connectivity index is 2.25. The highest BCUT2D eigenvalue weighted by Gasteiger charge is 1.97. The van der Waals surface area contributed by atoms with Gasteiger partial charge in [-0.1, -0.05) is 32.3 Å². The second-order valence-electron chi connectivity index (χ2n) is 4.86. The van der Waals surface area contributed by atoms with E-state index in [4.69, 9.17) is 0 Å². The molecule has 4 nitrogen and oxygen atoms in total. The molecule has 0 aliphatic carbocycles. The third-order valence-electron chi connectivity index (χ3n) is 3.05. The van der Waals surface area contributed by atoms with Crippen LogP contribution in [-0.2, 0) is 6.42 Å². The van der Waals surface area contributed by atoms with E-state index < -0.39 is 0 Å². The molecule has 1 aromatic heterocycles. The van der Waals surface area contributed by atoms with Gasteiger partial charge in [0, 0.05) is 32.0 Å². The molecule has 0 aliphatic heterocycles. The summed E-state index contributed by atoms with van der Waals surface area (Å²) in [6.45, 7) is 7.01. The lowest BCUT2D eigenvalue weighted by Crippen LogP contribution is -2.38. The summed E-state index contributed by atoms with van der Waals surface area (Å²) < 4.78 is 0. The molecule has 1 aromatic rings. The molecule has 0 aromatic carbocycles. The van der Waals surface area contributed by atoms with Crippen LogP contribution in [0.5, 0.6) is 0 Å². The molecule has 0 radical (unpaired) electrons. The van der Waals surface area contributed by atoms with Crippen molar-refractivity contribution in [1.82, 2.24) is 15.6 Å². The van der Waals surface area contributed by atoms with E-state index in [0.29, 0.717) is 0 Å². The summed E-state index contributed by atoms with van der Waals surface area (Å²) in [6, 6.07) is 4.08. The molecule has 0 bridgehead atoms. The van der Waals surface area contributed by atoms with E-state index in [1.54, 1.807) is 6.20 Å². The largest absolute Gasteiger partial charge is 0.357 e. The molecule has 112 valence electrons. The molecule has 20 heavy (non-hydrogen) atoms. The van der Waals surface area contributed by atoms with Crippen molar-refractivity contribution in [1.29, 1.82) is 0 Å². The predicted octanol–water partition coefficient (Wildman–Crippen LogP) is 2.76. The third kappa shape index (κ3) is 7.77. The molecule has 0 amide bonds. The summed E-state index contributed by atoms with van der Waals surface area (Å²) in [5, 5.41) is 6.65. The molecule has 1 heterocycles. The fourth-order valence-corrected chi connectivity index (χ4v) is 1.94. The lowest BCUT2D eigenvalue weighted by Gasteiger charge is -2.11. The second kappa shape index (κ2) is 11.3. The number of aromatic nitrogens is 1. The minimum absolute atomic E-state index is 0.881. The number of unbranched alkanes of at least 4 members (excludes halogenated alkanes) is 3. The average Bonchev–Trinajstić information content (AvgIpc) is 2.48. The first-order valence-corrected chi connectivity index (χ1v) is 7.78. The van der Waals surface area contributed by atoms with Crippen molar-refractivity contribution >= 4 is 5.96 Å². The first-order valence-electron chi connectivity index (χ1n) is 7.78. The Bertz CT molecular complexity index is 362. The summed E-state index contributed by atoms with van der Waals surface area (Å²) in [4.78, 5) is 8.72. The van der Waals surface area contributed by atoms with E-state index >= 15 is 0 Å². The maximum Gasteiger partial charge on any atom is 0.191 e.